The molecule has 0 unspecified atom stereocenters. The lowest BCUT2D eigenvalue weighted by Gasteiger charge is -2.36. The van der Waals surface area contributed by atoms with E-state index in [2.05, 4.69) is 0 Å². The largest absolute Gasteiger partial charge is 0.486 e. The van der Waals surface area contributed by atoms with Gasteiger partial charge in [-0.15, -0.1) is 0 Å². The molecule has 1 saturated carbocycles. The number of alkyl halides is 3. The second kappa shape index (κ2) is 9.34. The number of esters is 1. The van der Waals surface area contributed by atoms with E-state index in [9.17, 15) is 31.2 Å². The lowest BCUT2D eigenvalue weighted by atomic mass is 9.99. The molecule has 7 nitrogen and oxygen atoms in total. The number of rotatable bonds is 7. The maximum Gasteiger partial charge on any atom is 0.416 e. The van der Waals surface area contributed by atoms with Crippen molar-refractivity contribution in [2.45, 2.75) is 69.2 Å². The molecule has 1 fully saturated rings. The van der Waals surface area contributed by atoms with Gasteiger partial charge in [-0.05, 0) is 75.9 Å². The average Bonchev–Trinajstić information content (AvgIpc) is 3.57. The zero-order valence-electron chi connectivity index (χ0n) is 20.7. The molecule has 1 heterocycles. The summed E-state index contributed by atoms with van der Waals surface area (Å²) in [5.74, 6) is -0.322. The van der Waals surface area contributed by atoms with Crippen molar-refractivity contribution < 1.29 is 40.7 Å². The van der Waals surface area contributed by atoms with E-state index in [1.807, 2.05) is 0 Å². The first kappa shape index (κ1) is 27.0. The minimum absolute atomic E-state index is 0.102. The molecule has 11 heteroatoms. The van der Waals surface area contributed by atoms with Crippen molar-refractivity contribution in [3.63, 3.8) is 0 Å². The lowest BCUT2D eigenvalue weighted by molar-refractivity contribution is -0.154. The summed E-state index contributed by atoms with van der Waals surface area (Å²) in [6, 6.07) is 8.13. The molecule has 0 aromatic heterocycles. The van der Waals surface area contributed by atoms with Crippen molar-refractivity contribution >= 4 is 28.0 Å². The van der Waals surface area contributed by atoms with Crippen molar-refractivity contribution in [1.82, 2.24) is 0 Å². The monoisotopic (exact) mass is 539 g/mol. The second-order valence-electron chi connectivity index (χ2n) is 10.6. The number of sulfonamides is 1. The third-order valence-corrected chi connectivity index (χ3v) is 8.03. The maximum absolute atomic E-state index is 13.7. The molecule has 1 aliphatic carbocycles. The molecular weight excluding hydrogens is 511 g/mol. The van der Waals surface area contributed by atoms with Crippen molar-refractivity contribution in [2.24, 2.45) is 5.41 Å². The van der Waals surface area contributed by atoms with E-state index >= 15 is 0 Å². The highest BCUT2D eigenvalue weighted by molar-refractivity contribution is 7.92. The van der Waals surface area contributed by atoms with Gasteiger partial charge in [-0.3, -0.25) is 9.10 Å². The Balaban J connectivity index is 1.72. The fourth-order valence-corrected chi connectivity index (χ4v) is 5.83. The van der Waals surface area contributed by atoms with E-state index in [1.54, 1.807) is 26.8 Å². The zero-order valence-corrected chi connectivity index (χ0v) is 21.5. The van der Waals surface area contributed by atoms with Crippen LogP contribution in [0.15, 0.2) is 47.4 Å². The minimum Gasteiger partial charge on any atom is -0.486 e. The summed E-state index contributed by atoms with van der Waals surface area (Å²) in [7, 11) is -4.46. The predicted octanol–water partition coefficient (Wildman–Crippen LogP) is 4.92. The summed E-state index contributed by atoms with van der Waals surface area (Å²) >= 11 is 0. The second-order valence-corrected chi connectivity index (χ2v) is 12.4. The van der Waals surface area contributed by atoms with Crippen LogP contribution in [0.4, 0.5) is 18.9 Å². The quantitative estimate of drug-likeness (QED) is 0.367. The number of carbonyl (C=O) groups is 2. The number of hydrogen-bond acceptors (Lipinski definition) is 6. The van der Waals surface area contributed by atoms with Crippen LogP contribution in [0, 0.1) is 5.41 Å². The van der Waals surface area contributed by atoms with Gasteiger partial charge in [0.25, 0.3) is 10.0 Å². The Kier molecular flexibility index (Phi) is 6.81. The minimum atomic E-state index is -4.72. The molecule has 0 amide bonds. The summed E-state index contributed by atoms with van der Waals surface area (Å²) in [6.45, 7) is 4.97. The van der Waals surface area contributed by atoms with Crippen LogP contribution in [0.2, 0.25) is 0 Å². The number of aldehydes is 1. The Labute approximate surface area is 213 Å². The summed E-state index contributed by atoms with van der Waals surface area (Å²) in [6.07, 6.45) is -3.08. The Morgan fingerprint density at radius 2 is 1.86 bits per heavy atom. The number of hydrogen-bond donors (Lipinski definition) is 0. The zero-order chi connectivity index (χ0) is 27.2. The fourth-order valence-electron chi connectivity index (χ4n) is 4.29. The molecule has 0 N–H and O–H groups in total. The molecule has 37 heavy (non-hydrogen) atoms. The highest BCUT2D eigenvalue weighted by atomic mass is 32.2. The lowest BCUT2D eigenvalue weighted by Crippen LogP contribution is -2.44. The first-order valence-electron chi connectivity index (χ1n) is 11.8. The summed E-state index contributed by atoms with van der Waals surface area (Å²) < 4.78 is 79.7. The molecule has 2 aromatic carbocycles. The molecule has 0 spiro atoms. The van der Waals surface area contributed by atoms with Crippen molar-refractivity contribution in [2.75, 3.05) is 10.8 Å². The molecule has 0 bridgehead atoms. The highest BCUT2D eigenvalue weighted by Gasteiger charge is 2.47. The van der Waals surface area contributed by atoms with Gasteiger partial charge in [0.2, 0.25) is 0 Å². The number of ether oxygens (including phenoxy) is 2. The van der Waals surface area contributed by atoms with Gasteiger partial charge in [0, 0.05) is 5.41 Å². The van der Waals surface area contributed by atoms with E-state index in [0.717, 1.165) is 28.8 Å². The van der Waals surface area contributed by atoms with Crippen molar-refractivity contribution in [3.05, 3.63) is 53.6 Å². The third-order valence-electron chi connectivity index (χ3n) is 6.25. The Hall–Kier alpha value is -3.08. The van der Waals surface area contributed by atoms with E-state index in [0.29, 0.717) is 24.5 Å². The van der Waals surface area contributed by atoms with Crippen LogP contribution in [0.25, 0.3) is 0 Å². The van der Waals surface area contributed by atoms with Crippen LogP contribution in [-0.4, -0.2) is 38.9 Å². The average molecular weight is 540 g/mol. The van der Waals surface area contributed by atoms with Gasteiger partial charge >= 0.3 is 12.1 Å². The van der Waals surface area contributed by atoms with Gasteiger partial charge in [0.1, 0.15) is 23.7 Å². The van der Waals surface area contributed by atoms with Gasteiger partial charge in [0.15, 0.2) is 0 Å². The number of anilines is 1. The number of carbonyl (C=O) groups excluding carboxylic acids is 2. The highest BCUT2D eigenvalue weighted by Crippen LogP contribution is 2.49. The molecule has 1 aliphatic heterocycles. The van der Waals surface area contributed by atoms with Gasteiger partial charge in [-0.2, -0.15) is 13.2 Å². The van der Waals surface area contributed by atoms with Crippen LogP contribution in [-0.2, 0) is 36.9 Å². The smallest absolute Gasteiger partial charge is 0.416 e. The van der Waals surface area contributed by atoms with Crippen LogP contribution in [0.5, 0.6) is 5.75 Å². The van der Waals surface area contributed by atoms with E-state index in [1.165, 1.54) is 12.1 Å². The molecule has 1 atom stereocenters. The molecule has 4 rings (SSSR count). The van der Waals surface area contributed by atoms with Crippen LogP contribution >= 0.6 is 0 Å². The van der Waals surface area contributed by atoms with E-state index < -0.39 is 49.7 Å². The topological polar surface area (TPSA) is 90.0 Å². The summed E-state index contributed by atoms with van der Waals surface area (Å²) in [5, 5.41) is 0. The van der Waals surface area contributed by atoms with Gasteiger partial charge < -0.3 is 14.3 Å². The molecule has 0 radical (unpaired) electrons. The summed E-state index contributed by atoms with van der Waals surface area (Å²) in [5.41, 5.74) is -1.82. The van der Waals surface area contributed by atoms with Crippen LogP contribution in [0.3, 0.4) is 0 Å². The number of benzene rings is 2. The molecule has 0 saturated heterocycles. The predicted molar refractivity (Wildman–Crippen MR) is 129 cm³/mol. The third kappa shape index (κ3) is 6.08. The first-order chi connectivity index (χ1) is 17.1. The Bertz CT molecular complexity index is 1310. The molecular formula is C26H28F3NO6S. The van der Waals surface area contributed by atoms with Crippen molar-refractivity contribution in [1.29, 1.82) is 0 Å². The maximum atomic E-state index is 13.7. The molecule has 200 valence electrons. The Morgan fingerprint density at radius 1 is 1.16 bits per heavy atom. The van der Waals surface area contributed by atoms with Crippen LogP contribution in [0.1, 0.15) is 51.2 Å². The van der Waals surface area contributed by atoms with Gasteiger partial charge in [-0.1, -0.05) is 12.1 Å². The molecule has 2 aliphatic rings. The number of halogens is 3. The van der Waals surface area contributed by atoms with Crippen molar-refractivity contribution in [3.8, 4) is 5.75 Å². The Morgan fingerprint density at radius 3 is 2.46 bits per heavy atom. The normalized spacial score (nSPS) is 19.0. The summed E-state index contributed by atoms with van der Waals surface area (Å²) in [4.78, 5) is 23.4. The van der Waals surface area contributed by atoms with Gasteiger partial charge in [0.05, 0.1) is 29.1 Å². The molecule has 2 aromatic rings. The van der Waals surface area contributed by atoms with E-state index in [-0.39, 0.29) is 30.8 Å². The number of fused-ring (bicyclic) bond motifs is 1. The standard InChI is InChI=1S/C26H28F3NO6S/c1-24(2,3)36-23(32)12-17-7-8-22-21(11-17)30(15-19(35-22)14-25(16-31)9-10-25)37(33,34)20-6-4-5-18(13-20)26(27,28)29/h4-8,11,13,16,19H,9-10,12,14-15H2,1-3H3/t19-/m1/s1. The number of nitrogens with zero attached hydrogens (tertiary/aromatic N) is 1. The van der Waals surface area contributed by atoms with E-state index in [4.69, 9.17) is 9.47 Å². The first-order valence-corrected chi connectivity index (χ1v) is 13.2. The fraction of sp³-hybridized carbons (Fsp3) is 0.462. The SMILES string of the molecule is CC(C)(C)OC(=O)Cc1ccc2c(c1)N(S(=O)(=O)c1cccc(C(F)(F)F)c1)C[C@@H](CC1(C=O)CC1)O2. The van der Waals surface area contributed by atoms with Gasteiger partial charge in [-0.25, -0.2) is 8.42 Å². The van der Waals surface area contributed by atoms with Crippen LogP contribution < -0.4 is 9.04 Å².